The Hall–Kier alpha value is -3.73. The highest BCUT2D eigenvalue weighted by molar-refractivity contribution is 6.10. The lowest BCUT2D eigenvalue weighted by Gasteiger charge is -2.23. The number of anilines is 1. The number of nitrogens with one attached hydrogen (secondary N) is 1. The third-order valence-corrected chi connectivity index (χ3v) is 5.61. The standard InChI is InChI=1S/C27H28N4O/c1-3-31(22-10-5-4-6-11-22)19-9-18-28-27(32)25-23-12-7-8-13-24(23)29-30-26(25)21-16-14-20(2)15-17-21/h4-8,10-17H,3,9,18-19H2,1-2H3,(H,28,32). The van der Waals surface area contributed by atoms with Crippen molar-refractivity contribution < 1.29 is 4.79 Å². The highest BCUT2D eigenvalue weighted by Gasteiger charge is 2.19. The largest absolute Gasteiger partial charge is 0.372 e. The molecule has 162 valence electrons. The second-order valence-corrected chi connectivity index (χ2v) is 7.83. The highest BCUT2D eigenvalue weighted by Crippen LogP contribution is 2.27. The van der Waals surface area contributed by atoms with E-state index < -0.39 is 0 Å². The number of hydrogen-bond acceptors (Lipinski definition) is 4. The summed E-state index contributed by atoms with van der Waals surface area (Å²) in [7, 11) is 0. The summed E-state index contributed by atoms with van der Waals surface area (Å²) in [5.41, 5.74) is 5.16. The van der Waals surface area contributed by atoms with Gasteiger partial charge < -0.3 is 10.2 Å². The SMILES string of the molecule is CCN(CCCNC(=O)c1c(-c2ccc(C)cc2)nnc2ccccc12)c1ccccc1. The van der Waals surface area contributed by atoms with Gasteiger partial charge in [0.2, 0.25) is 0 Å². The zero-order valence-electron chi connectivity index (χ0n) is 18.6. The van der Waals surface area contributed by atoms with E-state index in [1.54, 1.807) is 0 Å². The third kappa shape index (κ3) is 4.78. The van der Waals surface area contributed by atoms with Crippen LogP contribution in [0.25, 0.3) is 22.2 Å². The van der Waals surface area contributed by atoms with Crippen LogP contribution in [0.2, 0.25) is 0 Å². The van der Waals surface area contributed by atoms with Crippen LogP contribution in [0, 0.1) is 6.92 Å². The van der Waals surface area contributed by atoms with Crippen LogP contribution in [0.15, 0.2) is 78.9 Å². The molecule has 32 heavy (non-hydrogen) atoms. The van der Waals surface area contributed by atoms with Crippen LogP contribution in [0.5, 0.6) is 0 Å². The van der Waals surface area contributed by atoms with Gasteiger partial charge in [0.25, 0.3) is 5.91 Å². The Morgan fingerprint density at radius 2 is 1.62 bits per heavy atom. The number of aromatic nitrogens is 2. The molecular weight excluding hydrogens is 396 g/mol. The fourth-order valence-electron chi connectivity index (χ4n) is 3.87. The van der Waals surface area contributed by atoms with Crippen molar-refractivity contribution in [2.45, 2.75) is 20.3 Å². The molecule has 0 radical (unpaired) electrons. The molecular formula is C27H28N4O. The summed E-state index contributed by atoms with van der Waals surface area (Å²) in [6.07, 6.45) is 0.852. The molecule has 1 aromatic heterocycles. The quantitative estimate of drug-likeness (QED) is 0.393. The van der Waals surface area contributed by atoms with Crippen molar-refractivity contribution in [3.8, 4) is 11.3 Å². The average Bonchev–Trinajstić information content (AvgIpc) is 2.84. The molecule has 4 aromatic rings. The summed E-state index contributed by atoms with van der Waals surface area (Å²) in [5.74, 6) is -0.116. The number of carbonyl (C=O) groups excluding carboxylic acids is 1. The van der Waals surface area contributed by atoms with E-state index in [2.05, 4.69) is 39.5 Å². The van der Waals surface area contributed by atoms with Crippen molar-refractivity contribution in [3.63, 3.8) is 0 Å². The van der Waals surface area contributed by atoms with Crippen LogP contribution < -0.4 is 10.2 Å². The van der Waals surface area contributed by atoms with E-state index in [1.807, 2.05) is 73.7 Å². The lowest BCUT2D eigenvalue weighted by molar-refractivity contribution is 0.0955. The number of carbonyl (C=O) groups is 1. The first-order valence-electron chi connectivity index (χ1n) is 11.1. The highest BCUT2D eigenvalue weighted by atomic mass is 16.1. The number of fused-ring (bicyclic) bond motifs is 1. The number of amides is 1. The van der Waals surface area contributed by atoms with E-state index in [0.717, 1.165) is 41.5 Å². The van der Waals surface area contributed by atoms with Gasteiger partial charge in [0.1, 0.15) is 5.69 Å². The summed E-state index contributed by atoms with van der Waals surface area (Å²) in [6, 6.07) is 26.0. The minimum Gasteiger partial charge on any atom is -0.372 e. The number of aryl methyl sites for hydroxylation is 1. The molecule has 5 heteroatoms. The molecule has 0 aliphatic carbocycles. The minimum absolute atomic E-state index is 0.116. The van der Waals surface area contributed by atoms with E-state index in [0.29, 0.717) is 17.8 Å². The van der Waals surface area contributed by atoms with Gasteiger partial charge in [-0.05, 0) is 38.5 Å². The molecule has 0 saturated heterocycles. The second kappa shape index (κ2) is 10.1. The fraction of sp³-hybridized carbons (Fsp3) is 0.222. The summed E-state index contributed by atoms with van der Waals surface area (Å²) < 4.78 is 0. The Balaban J connectivity index is 1.52. The van der Waals surface area contributed by atoms with Crippen molar-refractivity contribution >= 4 is 22.5 Å². The topological polar surface area (TPSA) is 58.1 Å². The molecule has 0 aliphatic rings. The molecule has 3 aromatic carbocycles. The Labute approximate surface area is 189 Å². The van der Waals surface area contributed by atoms with Gasteiger partial charge in [-0.1, -0.05) is 66.2 Å². The number of para-hydroxylation sites is 1. The zero-order valence-corrected chi connectivity index (χ0v) is 18.6. The molecule has 0 spiro atoms. The van der Waals surface area contributed by atoms with Gasteiger partial charge in [-0.25, -0.2) is 0 Å². The molecule has 4 rings (SSSR count). The van der Waals surface area contributed by atoms with E-state index in [4.69, 9.17) is 0 Å². The fourth-order valence-corrected chi connectivity index (χ4v) is 3.87. The summed E-state index contributed by atoms with van der Waals surface area (Å²) in [5, 5.41) is 12.7. The van der Waals surface area contributed by atoms with Gasteiger partial charge in [-0.2, -0.15) is 0 Å². The number of nitrogens with zero attached hydrogens (tertiary/aromatic N) is 3. The van der Waals surface area contributed by atoms with Crippen molar-refractivity contribution in [1.82, 2.24) is 15.5 Å². The lowest BCUT2D eigenvalue weighted by atomic mass is 10.0. The van der Waals surface area contributed by atoms with Crippen LogP contribution in [-0.2, 0) is 0 Å². The molecule has 5 nitrogen and oxygen atoms in total. The van der Waals surface area contributed by atoms with Gasteiger partial charge in [-0.3, -0.25) is 4.79 Å². The van der Waals surface area contributed by atoms with E-state index >= 15 is 0 Å². The van der Waals surface area contributed by atoms with Crippen molar-refractivity contribution in [3.05, 3.63) is 90.0 Å². The van der Waals surface area contributed by atoms with E-state index in [-0.39, 0.29) is 5.91 Å². The number of hydrogen-bond donors (Lipinski definition) is 1. The molecule has 0 atom stereocenters. The Kier molecular flexibility index (Phi) is 6.75. The normalized spacial score (nSPS) is 10.8. The second-order valence-electron chi connectivity index (χ2n) is 7.83. The summed E-state index contributed by atoms with van der Waals surface area (Å²) in [6.45, 7) is 6.58. The van der Waals surface area contributed by atoms with E-state index in [9.17, 15) is 4.79 Å². The average molecular weight is 425 g/mol. The molecule has 0 aliphatic heterocycles. The van der Waals surface area contributed by atoms with Crippen molar-refractivity contribution in [2.75, 3.05) is 24.5 Å². The van der Waals surface area contributed by atoms with Gasteiger partial charge in [-0.15, -0.1) is 10.2 Å². The Morgan fingerprint density at radius 3 is 2.38 bits per heavy atom. The maximum Gasteiger partial charge on any atom is 0.254 e. The van der Waals surface area contributed by atoms with Crippen LogP contribution in [0.4, 0.5) is 5.69 Å². The molecule has 0 bridgehead atoms. The molecule has 1 N–H and O–H groups in total. The first-order chi connectivity index (χ1) is 15.7. The van der Waals surface area contributed by atoms with Crippen LogP contribution in [-0.4, -0.2) is 35.7 Å². The predicted molar refractivity (Wildman–Crippen MR) is 131 cm³/mol. The maximum atomic E-state index is 13.3. The van der Waals surface area contributed by atoms with Gasteiger partial charge >= 0.3 is 0 Å². The van der Waals surface area contributed by atoms with Gasteiger partial charge in [0, 0.05) is 36.3 Å². The monoisotopic (exact) mass is 424 g/mol. The minimum atomic E-state index is -0.116. The smallest absolute Gasteiger partial charge is 0.254 e. The molecule has 1 amide bonds. The maximum absolute atomic E-state index is 13.3. The molecule has 0 unspecified atom stereocenters. The number of benzene rings is 3. The van der Waals surface area contributed by atoms with Gasteiger partial charge in [0.05, 0.1) is 11.1 Å². The summed E-state index contributed by atoms with van der Waals surface area (Å²) in [4.78, 5) is 15.6. The molecule has 0 saturated carbocycles. The third-order valence-electron chi connectivity index (χ3n) is 5.61. The van der Waals surface area contributed by atoms with E-state index in [1.165, 1.54) is 5.69 Å². The lowest BCUT2D eigenvalue weighted by Crippen LogP contribution is -2.30. The zero-order chi connectivity index (χ0) is 22.3. The Morgan fingerprint density at radius 1 is 0.906 bits per heavy atom. The predicted octanol–water partition coefficient (Wildman–Crippen LogP) is 5.25. The van der Waals surface area contributed by atoms with Crippen LogP contribution >= 0.6 is 0 Å². The first-order valence-corrected chi connectivity index (χ1v) is 11.1. The van der Waals surface area contributed by atoms with Crippen LogP contribution in [0.3, 0.4) is 0 Å². The molecule has 0 fully saturated rings. The van der Waals surface area contributed by atoms with Crippen molar-refractivity contribution in [1.29, 1.82) is 0 Å². The molecule has 1 heterocycles. The summed E-state index contributed by atoms with van der Waals surface area (Å²) >= 11 is 0. The van der Waals surface area contributed by atoms with Crippen LogP contribution in [0.1, 0.15) is 29.3 Å². The number of rotatable bonds is 8. The first kappa shape index (κ1) is 21.5. The van der Waals surface area contributed by atoms with Gasteiger partial charge in [0.15, 0.2) is 0 Å². The van der Waals surface area contributed by atoms with Crippen molar-refractivity contribution in [2.24, 2.45) is 0 Å². The Bertz CT molecular complexity index is 1190.